The maximum Gasteiger partial charge on any atom is 0.251 e. The SMILES string of the molecule is COc1cc(C(=O)N[C@H](C)c2ccc(Cl)cc2)cc(Cl)c1OC. The van der Waals surface area contributed by atoms with E-state index >= 15 is 0 Å². The Kier molecular flexibility index (Phi) is 5.74. The molecule has 0 aliphatic rings. The van der Waals surface area contributed by atoms with Crippen molar-refractivity contribution in [2.45, 2.75) is 13.0 Å². The standard InChI is InChI=1S/C17H17Cl2NO3/c1-10(11-4-6-13(18)7-5-11)20-17(21)12-8-14(19)16(23-3)15(9-12)22-2/h4-10H,1-3H3,(H,20,21)/t10-/m1/s1. The molecule has 1 atom stereocenters. The minimum absolute atomic E-state index is 0.174. The zero-order valence-electron chi connectivity index (χ0n) is 13.0. The summed E-state index contributed by atoms with van der Waals surface area (Å²) in [6, 6.07) is 10.3. The van der Waals surface area contributed by atoms with Crippen molar-refractivity contribution in [2.75, 3.05) is 14.2 Å². The summed E-state index contributed by atoms with van der Waals surface area (Å²) in [7, 11) is 2.98. The van der Waals surface area contributed by atoms with Gasteiger partial charge in [-0.25, -0.2) is 0 Å². The number of hydrogen-bond acceptors (Lipinski definition) is 3. The van der Waals surface area contributed by atoms with E-state index in [0.29, 0.717) is 27.1 Å². The van der Waals surface area contributed by atoms with E-state index in [2.05, 4.69) is 5.32 Å². The van der Waals surface area contributed by atoms with E-state index in [0.717, 1.165) is 5.56 Å². The molecule has 1 amide bonds. The minimum Gasteiger partial charge on any atom is -0.493 e. The molecule has 0 saturated carbocycles. The van der Waals surface area contributed by atoms with Gasteiger partial charge in [-0.15, -0.1) is 0 Å². The molecule has 122 valence electrons. The molecule has 4 nitrogen and oxygen atoms in total. The average Bonchev–Trinajstić information content (AvgIpc) is 2.54. The molecule has 0 fully saturated rings. The number of ether oxygens (including phenoxy) is 2. The molecular formula is C17H17Cl2NO3. The van der Waals surface area contributed by atoms with Gasteiger partial charge in [0.05, 0.1) is 25.3 Å². The fourth-order valence-corrected chi connectivity index (χ4v) is 2.58. The number of carbonyl (C=O) groups is 1. The predicted molar refractivity (Wildman–Crippen MR) is 91.9 cm³/mol. The molecule has 2 rings (SSSR count). The van der Waals surface area contributed by atoms with Crippen LogP contribution in [-0.4, -0.2) is 20.1 Å². The molecule has 0 bridgehead atoms. The van der Waals surface area contributed by atoms with E-state index in [4.69, 9.17) is 32.7 Å². The van der Waals surface area contributed by atoms with Crippen LogP contribution in [0, 0.1) is 0 Å². The van der Waals surface area contributed by atoms with E-state index in [1.165, 1.54) is 14.2 Å². The first kappa shape index (κ1) is 17.4. The van der Waals surface area contributed by atoms with Crippen LogP contribution in [0.1, 0.15) is 28.9 Å². The second-order valence-corrected chi connectivity index (χ2v) is 5.78. The molecule has 6 heteroatoms. The maximum atomic E-state index is 12.4. The van der Waals surface area contributed by atoms with Gasteiger partial charge in [0.1, 0.15) is 0 Å². The van der Waals surface area contributed by atoms with Crippen LogP contribution in [0.2, 0.25) is 10.0 Å². The number of carbonyl (C=O) groups excluding carboxylic acids is 1. The Morgan fingerprint density at radius 2 is 1.74 bits per heavy atom. The predicted octanol–water partition coefficient (Wildman–Crippen LogP) is 4.50. The summed E-state index contributed by atoms with van der Waals surface area (Å²) in [4.78, 5) is 12.4. The highest BCUT2D eigenvalue weighted by molar-refractivity contribution is 6.32. The maximum absolute atomic E-state index is 12.4. The van der Waals surface area contributed by atoms with Crippen LogP contribution >= 0.6 is 23.2 Å². The Morgan fingerprint density at radius 3 is 2.30 bits per heavy atom. The topological polar surface area (TPSA) is 47.6 Å². The number of benzene rings is 2. The molecule has 0 saturated heterocycles. The van der Waals surface area contributed by atoms with Gasteiger partial charge < -0.3 is 14.8 Å². The smallest absolute Gasteiger partial charge is 0.251 e. The van der Waals surface area contributed by atoms with Crippen molar-refractivity contribution in [3.63, 3.8) is 0 Å². The number of amides is 1. The number of rotatable bonds is 5. The fraction of sp³-hybridized carbons (Fsp3) is 0.235. The first-order valence-electron chi connectivity index (χ1n) is 6.94. The highest BCUT2D eigenvalue weighted by Crippen LogP contribution is 2.36. The Bertz CT molecular complexity index is 702. The summed E-state index contributed by atoms with van der Waals surface area (Å²) < 4.78 is 10.4. The van der Waals surface area contributed by atoms with Gasteiger partial charge >= 0.3 is 0 Å². The van der Waals surface area contributed by atoms with Crippen molar-refractivity contribution < 1.29 is 14.3 Å². The Balaban J connectivity index is 2.20. The molecule has 0 heterocycles. The molecule has 1 N–H and O–H groups in total. The van der Waals surface area contributed by atoms with Crippen LogP contribution in [0.25, 0.3) is 0 Å². The van der Waals surface area contributed by atoms with Crippen molar-refractivity contribution >= 4 is 29.1 Å². The summed E-state index contributed by atoms with van der Waals surface area (Å²) in [5.74, 6) is 0.552. The van der Waals surface area contributed by atoms with Crippen LogP contribution in [0.4, 0.5) is 0 Å². The van der Waals surface area contributed by atoms with E-state index < -0.39 is 0 Å². The number of nitrogens with one attached hydrogen (secondary N) is 1. The lowest BCUT2D eigenvalue weighted by atomic mass is 10.1. The zero-order chi connectivity index (χ0) is 17.0. The van der Waals surface area contributed by atoms with Gasteiger partial charge in [0.15, 0.2) is 11.5 Å². The monoisotopic (exact) mass is 353 g/mol. The Morgan fingerprint density at radius 1 is 1.09 bits per heavy atom. The molecule has 0 aromatic heterocycles. The second-order valence-electron chi connectivity index (χ2n) is 4.94. The highest BCUT2D eigenvalue weighted by Gasteiger charge is 2.17. The molecule has 0 aliphatic heterocycles. The van der Waals surface area contributed by atoms with Gasteiger partial charge in [-0.2, -0.15) is 0 Å². The van der Waals surface area contributed by atoms with E-state index in [9.17, 15) is 4.79 Å². The first-order valence-corrected chi connectivity index (χ1v) is 7.69. The zero-order valence-corrected chi connectivity index (χ0v) is 14.5. The van der Waals surface area contributed by atoms with Gasteiger partial charge in [0.2, 0.25) is 0 Å². The Labute approximate surface area is 145 Å². The molecular weight excluding hydrogens is 337 g/mol. The fourth-order valence-electron chi connectivity index (χ4n) is 2.16. The molecule has 0 spiro atoms. The van der Waals surface area contributed by atoms with Crippen LogP contribution in [0.5, 0.6) is 11.5 Å². The summed E-state index contributed by atoms with van der Waals surface area (Å²) >= 11 is 12.0. The van der Waals surface area contributed by atoms with E-state index in [1.54, 1.807) is 24.3 Å². The number of halogens is 2. The van der Waals surface area contributed by atoms with Crippen LogP contribution in [-0.2, 0) is 0 Å². The number of hydrogen-bond donors (Lipinski definition) is 1. The van der Waals surface area contributed by atoms with Crippen molar-refractivity contribution in [3.8, 4) is 11.5 Å². The quantitative estimate of drug-likeness (QED) is 0.860. The third-order valence-electron chi connectivity index (χ3n) is 3.41. The molecule has 23 heavy (non-hydrogen) atoms. The third kappa shape index (κ3) is 4.09. The lowest BCUT2D eigenvalue weighted by Crippen LogP contribution is -2.26. The summed E-state index contributed by atoms with van der Waals surface area (Å²) in [6.07, 6.45) is 0. The van der Waals surface area contributed by atoms with Gasteiger partial charge in [0, 0.05) is 10.6 Å². The minimum atomic E-state index is -0.254. The molecule has 0 radical (unpaired) electrons. The first-order chi connectivity index (χ1) is 11.0. The van der Waals surface area contributed by atoms with Crippen LogP contribution in [0.3, 0.4) is 0 Å². The lowest BCUT2D eigenvalue weighted by Gasteiger charge is -2.16. The van der Waals surface area contributed by atoms with Gasteiger partial charge in [-0.05, 0) is 36.8 Å². The van der Waals surface area contributed by atoms with Crippen molar-refractivity contribution in [2.24, 2.45) is 0 Å². The summed E-state index contributed by atoms with van der Waals surface area (Å²) in [5, 5.41) is 3.88. The largest absolute Gasteiger partial charge is 0.493 e. The second kappa shape index (κ2) is 7.57. The van der Waals surface area contributed by atoms with Crippen molar-refractivity contribution in [1.82, 2.24) is 5.32 Å². The Hall–Kier alpha value is -1.91. The molecule has 0 aliphatic carbocycles. The van der Waals surface area contributed by atoms with E-state index in [-0.39, 0.29) is 11.9 Å². The van der Waals surface area contributed by atoms with Crippen LogP contribution < -0.4 is 14.8 Å². The van der Waals surface area contributed by atoms with Crippen LogP contribution in [0.15, 0.2) is 36.4 Å². The molecule has 2 aromatic carbocycles. The normalized spacial score (nSPS) is 11.7. The average molecular weight is 354 g/mol. The lowest BCUT2D eigenvalue weighted by molar-refractivity contribution is 0.0939. The van der Waals surface area contributed by atoms with Gasteiger partial charge in [-0.1, -0.05) is 35.3 Å². The molecule has 0 unspecified atom stereocenters. The summed E-state index contributed by atoms with van der Waals surface area (Å²) in [6.45, 7) is 1.89. The molecule has 2 aromatic rings. The van der Waals surface area contributed by atoms with Gasteiger partial charge in [-0.3, -0.25) is 4.79 Å². The summed E-state index contributed by atoms with van der Waals surface area (Å²) in [5.41, 5.74) is 1.35. The highest BCUT2D eigenvalue weighted by atomic mass is 35.5. The van der Waals surface area contributed by atoms with Crippen molar-refractivity contribution in [1.29, 1.82) is 0 Å². The number of methoxy groups -OCH3 is 2. The third-order valence-corrected chi connectivity index (χ3v) is 3.95. The van der Waals surface area contributed by atoms with E-state index in [1.807, 2.05) is 19.1 Å². The van der Waals surface area contributed by atoms with Crippen molar-refractivity contribution in [3.05, 3.63) is 57.6 Å². The van der Waals surface area contributed by atoms with Gasteiger partial charge in [0.25, 0.3) is 5.91 Å².